The summed E-state index contributed by atoms with van der Waals surface area (Å²) in [5.74, 6) is 0. The molecule has 0 amide bonds. The predicted octanol–water partition coefficient (Wildman–Crippen LogP) is 4.95. The Morgan fingerprint density at radius 2 is 1.81 bits per heavy atom. The van der Waals surface area contributed by atoms with Crippen LogP contribution < -0.4 is 0 Å². The summed E-state index contributed by atoms with van der Waals surface area (Å²) in [7, 11) is 0. The lowest BCUT2D eigenvalue weighted by Crippen LogP contribution is -2.23. The van der Waals surface area contributed by atoms with Gasteiger partial charge in [-0.3, -0.25) is 4.90 Å². The van der Waals surface area contributed by atoms with E-state index in [1.165, 1.54) is 47.2 Å². The molecular weight excluding hydrogens is 254 g/mol. The van der Waals surface area contributed by atoms with Crippen LogP contribution in [-0.2, 0) is 6.54 Å². The van der Waals surface area contributed by atoms with Gasteiger partial charge in [0, 0.05) is 12.6 Å². The maximum absolute atomic E-state index is 2.65. The molecule has 3 rings (SSSR count). The molecule has 1 unspecified atom stereocenters. The summed E-state index contributed by atoms with van der Waals surface area (Å²) in [6.45, 7) is 8.89. The lowest BCUT2D eigenvalue weighted by molar-refractivity contribution is 0.248. The molecule has 0 bridgehead atoms. The average molecular weight is 279 g/mol. The van der Waals surface area contributed by atoms with Crippen LogP contribution in [-0.4, -0.2) is 11.4 Å². The minimum Gasteiger partial charge on any atom is -0.292 e. The number of hydrogen-bond acceptors (Lipinski definition) is 1. The highest BCUT2D eigenvalue weighted by atomic mass is 15.2. The highest BCUT2D eigenvalue weighted by molar-refractivity contribution is 5.31. The fraction of sp³-hybridized carbons (Fsp3) is 0.400. The van der Waals surface area contributed by atoms with Gasteiger partial charge in [-0.05, 0) is 56.8 Å². The molecule has 1 heteroatoms. The maximum atomic E-state index is 2.65. The Morgan fingerprint density at radius 1 is 1.00 bits per heavy atom. The first-order valence-electron chi connectivity index (χ1n) is 8.00. The van der Waals surface area contributed by atoms with Gasteiger partial charge in [0.15, 0.2) is 0 Å². The van der Waals surface area contributed by atoms with E-state index in [9.17, 15) is 0 Å². The van der Waals surface area contributed by atoms with Crippen LogP contribution in [0, 0.1) is 20.8 Å². The van der Waals surface area contributed by atoms with E-state index in [1.54, 1.807) is 0 Å². The third-order valence-electron chi connectivity index (χ3n) is 4.67. The van der Waals surface area contributed by atoms with E-state index in [-0.39, 0.29) is 0 Å². The van der Waals surface area contributed by atoms with Gasteiger partial charge in [-0.1, -0.05) is 53.6 Å². The maximum Gasteiger partial charge on any atom is 0.0352 e. The minimum atomic E-state index is 0.588. The van der Waals surface area contributed by atoms with E-state index in [0.29, 0.717) is 6.04 Å². The fourth-order valence-corrected chi connectivity index (χ4v) is 3.46. The van der Waals surface area contributed by atoms with Crippen LogP contribution >= 0.6 is 0 Å². The first-order chi connectivity index (χ1) is 10.1. The first kappa shape index (κ1) is 14.3. The van der Waals surface area contributed by atoms with Gasteiger partial charge in [0.05, 0.1) is 0 Å². The van der Waals surface area contributed by atoms with E-state index in [2.05, 4.69) is 68.1 Å². The fourth-order valence-electron chi connectivity index (χ4n) is 3.46. The Labute approximate surface area is 128 Å². The molecule has 1 fully saturated rings. The molecule has 0 radical (unpaired) electrons. The number of nitrogens with zero attached hydrogens (tertiary/aromatic N) is 1. The van der Waals surface area contributed by atoms with Crippen LogP contribution in [0.5, 0.6) is 0 Å². The molecule has 1 heterocycles. The molecule has 1 atom stereocenters. The summed E-state index contributed by atoms with van der Waals surface area (Å²) in [5, 5.41) is 0. The van der Waals surface area contributed by atoms with E-state index in [0.717, 1.165) is 6.54 Å². The molecule has 2 aromatic rings. The van der Waals surface area contributed by atoms with Gasteiger partial charge in [0.1, 0.15) is 0 Å². The topological polar surface area (TPSA) is 3.24 Å². The van der Waals surface area contributed by atoms with Gasteiger partial charge in [0.2, 0.25) is 0 Å². The first-order valence-corrected chi connectivity index (χ1v) is 8.00. The van der Waals surface area contributed by atoms with Crippen LogP contribution in [0.2, 0.25) is 0 Å². The van der Waals surface area contributed by atoms with Gasteiger partial charge < -0.3 is 0 Å². The van der Waals surface area contributed by atoms with Crippen LogP contribution in [0.4, 0.5) is 0 Å². The molecule has 0 aliphatic carbocycles. The van der Waals surface area contributed by atoms with Crippen molar-refractivity contribution < 1.29 is 0 Å². The van der Waals surface area contributed by atoms with Gasteiger partial charge >= 0.3 is 0 Å². The van der Waals surface area contributed by atoms with Crippen LogP contribution in [0.15, 0.2) is 42.5 Å². The van der Waals surface area contributed by atoms with E-state index in [4.69, 9.17) is 0 Å². The van der Waals surface area contributed by atoms with Crippen molar-refractivity contribution in [2.24, 2.45) is 0 Å². The predicted molar refractivity (Wildman–Crippen MR) is 89.5 cm³/mol. The second kappa shape index (κ2) is 6.03. The molecule has 1 saturated heterocycles. The monoisotopic (exact) mass is 279 g/mol. The third kappa shape index (κ3) is 3.19. The number of benzene rings is 2. The summed E-state index contributed by atoms with van der Waals surface area (Å²) in [4.78, 5) is 2.65. The molecule has 110 valence electrons. The van der Waals surface area contributed by atoms with Gasteiger partial charge in [-0.25, -0.2) is 0 Å². The van der Waals surface area contributed by atoms with Crippen molar-refractivity contribution in [3.8, 4) is 0 Å². The summed E-state index contributed by atoms with van der Waals surface area (Å²) >= 11 is 0. The van der Waals surface area contributed by atoms with Crippen molar-refractivity contribution in [2.75, 3.05) is 6.54 Å². The summed E-state index contributed by atoms with van der Waals surface area (Å²) in [6, 6.07) is 16.4. The van der Waals surface area contributed by atoms with Crippen molar-refractivity contribution in [2.45, 2.75) is 46.2 Å². The highest BCUT2D eigenvalue weighted by Crippen LogP contribution is 2.33. The third-order valence-corrected chi connectivity index (χ3v) is 4.67. The molecule has 1 aliphatic heterocycles. The molecule has 1 nitrogen and oxygen atoms in total. The zero-order valence-corrected chi connectivity index (χ0v) is 13.4. The van der Waals surface area contributed by atoms with E-state index in [1.807, 2.05) is 0 Å². The quantitative estimate of drug-likeness (QED) is 0.768. The van der Waals surface area contributed by atoms with Gasteiger partial charge in [-0.2, -0.15) is 0 Å². The van der Waals surface area contributed by atoms with Crippen molar-refractivity contribution in [3.05, 3.63) is 70.3 Å². The molecular formula is C20H25N. The zero-order chi connectivity index (χ0) is 14.8. The van der Waals surface area contributed by atoms with Crippen molar-refractivity contribution >= 4 is 0 Å². The molecule has 2 aromatic carbocycles. The second-order valence-corrected chi connectivity index (χ2v) is 6.47. The van der Waals surface area contributed by atoms with Crippen LogP contribution in [0.25, 0.3) is 0 Å². The van der Waals surface area contributed by atoms with Gasteiger partial charge in [0.25, 0.3) is 0 Å². The normalized spacial score (nSPS) is 19.1. The highest BCUT2D eigenvalue weighted by Gasteiger charge is 2.26. The van der Waals surface area contributed by atoms with Crippen LogP contribution in [0.1, 0.15) is 46.7 Å². The molecule has 0 aromatic heterocycles. The summed E-state index contributed by atoms with van der Waals surface area (Å²) in [6.07, 6.45) is 2.60. The lowest BCUT2D eigenvalue weighted by Gasteiger charge is -2.26. The Kier molecular flexibility index (Phi) is 4.12. The van der Waals surface area contributed by atoms with E-state index < -0.39 is 0 Å². The number of likely N-dealkylation sites (tertiary alicyclic amines) is 1. The summed E-state index contributed by atoms with van der Waals surface area (Å²) in [5.41, 5.74) is 7.11. The van der Waals surface area contributed by atoms with Gasteiger partial charge in [-0.15, -0.1) is 0 Å². The number of rotatable bonds is 3. The molecule has 1 aliphatic rings. The van der Waals surface area contributed by atoms with Crippen molar-refractivity contribution in [1.29, 1.82) is 0 Å². The SMILES string of the molecule is Cc1cccc(C2CCCN2Cc2cc(C)ccc2C)c1. The molecule has 0 saturated carbocycles. The van der Waals surface area contributed by atoms with E-state index >= 15 is 0 Å². The van der Waals surface area contributed by atoms with Crippen molar-refractivity contribution in [3.63, 3.8) is 0 Å². The second-order valence-electron chi connectivity index (χ2n) is 6.47. The average Bonchev–Trinajstić information content (AvgIpc) is 2.91. The number of hydrogen-bond donors (Lipinski definition) is 0. The standard InChI is InChI=1S/C20H25N/c1-15-6-4-7-18(12-15)20-8-5-11-21(20)14-19-13-16(2)9-10-17(19)3/h4,6-7,9-10,12-13,20H,5,8,11,14H2,1-3H3. The summed E-state index contributed by atoms with van der Waals surface area (Å²) < 4.78 is 0. The molecule has 0 N–H and O–H groups in total. The Balaban J connectivity index is 1.83. The Hall–Kier alpha value is -1.60. The lowest BCUT2D eigenvalue weighted by atomic mass is 10.0. The molecule has 0 spiro atoms. The minimum absolute atomic E-state index is 0.588. The Morgan fingerprint density at radius 3 is 2.62 bits per heavy atom. The largest absolute Gasteiger partial charge is 0.292 e. The zero-order valence-electron chi connectivity index (χ0n) is 13.4. The van der Waals surface area contributed by atoms with Crippen LogP contribution in [0.3, 0.4) is 0 Å². The smallest absolute Gasteiger partial charge is 0.0352 e. The Bertz CT molecular complexity index is 629. The number of aryl methyl sites for hydroxylation is 3. The van der Waals surface area contributed by atoms with Crippen molar-refractivity contribution in [1.82, 2.24) is 4.90 Å². The molecule has 21 heavy (non-hydrogen) atoms.